The quantitative estimate of drug-likeness (QED) is 0.539. The van der Waals surface area contributed by atoms with E-state index in [1.165, 1.54) is 12.1 Å². The molecule has 146 valence electrons. The van der Waals surface area contributed by atoms with E-state index in [1.54, 1.807) is 18.2 Å². The van der Waals surface area contributed by atoms with E-state index in [0.717, 1.165) is 21.4 Å². The lowest BCUT2D eigenvalue weighted by Crippen LogP contribution is -2.33. The van der Waals surface area contributed by atoms with Gasteiger partial charge in [-0.3, -0.25) is 9.20 Å². The van der Waals surface area contributed by atoms with Gasteiger partial charge < -0.3 is 10.4 Å². The third-order valence-electron chi connectivity index (χ3n) is 4.52. The van der Waals surface area contributed by atoms with E-state index in [0.29, 0.717) is 5.56 Å². The maximum atomic E-state index is 13.0. The monoisotopic (exact) mass is 396 g/mol. The maximum Gasteiger partial charge on any atom is 0.330 e. The molecule has 7 nitrogen and oxygen atoms in total. The highest BCUT2D eigenvalue weighted by Gasteiger charge is 2.24. The van der Waals surface area contributed by atoms with Crippen LogP contribution in [0.1, 0.15) is 34.2 Å². The summed E-state index contributed by atoms with van der Waals surface area (Å²) in [5.74, 6) is -2.56. The average Bonchev–Trinajstić information content (AvgIpc) is 3.14. The Balaban J connectivity index is 1.66. The molecule has 2 N–H and O–H groups in total. The number of hydrogen-bond acceptors (Lipinski definition) is 4. The summed E-state index contributed by atoms with van der Waals surface area (Å²) >= 11 is 0. The number of carbonyl (C=O) groups excluding carboxylic acids is 1. The van der Waals surface area contributed by atoms with Crippen LogP contribution in [0.4, 0.5) is 8.78 Å². The Morgan fingerprint density at radius 3 is 2.48 bits per heavy atom. The van der Waals surface area contributed by atoms with Crippen LogP contribution in [-0.2, 0) is 4.79 Å². The molecule has 4 aromatic rings. The van der Waals surface area contributed by atoms with Crippen LogP contribution >= 0.6 is 0 Å². The molecule has 2 aromatic carbocycles. The smallest absolute Gasteiger partial charge is 0.330 e. The molecule has 0 radical (unpaired) electrons. The van der Waals surface area contributed by atoms with Gasteiger partial charge in [-0.2, -0.15) is 0 Å². The minimum absolute atomic E-state index is 0.00578. The minimum atomic E-state index is -2.87. The predicted molar refractivity (Wildman–Crippen MR) is 99.7 cm³/mol. The van der Waals surface area contributed by atoms with E-state index in [4.69, 9.17) is 0 Å². The van der Waals surface area contributed by atoms with Crippen LogP contribution in [0.25, 0.3) is 16.4 Å². The third kappa shape index (κ3) is 3.49. The fourth-order valence-electron chi connectivity index (χ4n) is 3.08. The fourth-order valence-corrected chi connectivity index (χ4v) is 3.08. The Morgan fingerprint density at radius 1 is 1.00 bits per heavy atom. The number of aromatic nitrogens is 3. The number of amides is 1. The van der Waals surface area contributed by atoms with Gasteiger partial charge in [-0.1, -0.05) is 36.4 Å². The number of benzene rings is 2. The number of nitrogens with one attached hydrogen (secondary N) is 1. The van der Waals surface area contributed by atoms with Crippen LogP contribution < -0.4 is 5.32 Å². The zero-order valence-corrected chi connectivity index (χ0v) is 14.8. The van der Waals surface area contributed by atoms with Gasteiger partial charge in [0.25, 0.3) is 12.3 Å². The van der Waals surface area contributed by atoms with E-state index in [2.05, 4.69) is 15.5 Å². The zero-order valence-electron chi connectivity index (χ0n) is 14.8. The molecule has 0 aliphatic heterocycles. The molecule has 2 aromatic heterocycles. The van der Waals surface area contributed by atoms with Crippen molar-refractivity contribution in [1.29, 1.82) is 0 Å². The second kappa shape index (κ2) is 7.27. The standard InChI is InChI=1S/C20H14F2N4O3/c21-17(22)18-25-24-15-8-7-14(10-26(15)18)19(27)23-16(20(28)29)13-6-5-11-3-1-2-4-12(11)9-13/h1-10,16-17H,(H,23,27)(H,28,29). The number of carboxylic acids is 1. The molecule has 2 heterocycles. The molecule has 4 rings (SSSR count). The van der Waals surface area contributed by atoms with Gasteiger partial charge >= 0.3 is 5.97 Å². The molecular weight excluding hydrogens is 382 g/mol. The number of carbonyl (C=O) groups is 2. The van der Waals surface area contributed by atoms with E-state index in [-0.39, 0.29) is 11.2 Å². The number of alkyl halides is 2. The first kappa shape index (κ1) is 18.5. The van der Waals surface area contributed by atoms with Crippen molar-refractivity contribution < 1.29 is 23.5 Å². The molecule has 0 saturated heterocycles. The summed E-state index contributed by atoms with van der Waals surface area (Å²) in [4.78, 5) is 24.4. The molecule has 0 aliphatic rings. The first-order chi connectivity index (χ1) is 13.9. The van der Waals surface area contributed by atoms with Crippen LogP contribution in [-0.4, -0.2) is 31.6 Å². The number of pyridine rings is 1. The summed E-state index contributed by atoms with van der Waals surface area (Å²) in [6.07, 6.45) is -1.71. The molecule has 1 unspecified atom stereocenters. The predicted octanol–water partition coefficient (Wildman–Crippen LogP) is 3.38. The molecule has 29 heavy (non-hydrogen) atoms. The van der Waals surface area contributed by atoms with E-state index >= 15 is 0 Å². The second-order valence-corrected chi connectivity index (χ2v) is 6.36. The van der Waals surface area contributed by atoms with Gasteiger partial charge in [-0.15, -0.1) is 10.2 Å². The Hall–Kier alpha value is -3.88. The van der Waals surface area contributed by atoms with Crippen molar-refractivity contribution in [3.63, 3.8) is 0 Å². The largest absolute Gasteiger partial charge is 0.479 e. The molecule has 1 amide bonds. The summed E-state index contributed by atoms with van der Waals surface area (Å²) in [5.41, 5.74) is 0.551. The van der Waals surface area contributed by atoms with Crippen LogP contribution in [0.2, 0.25) is 0 Å². The van der Waals surface area contributed by atoms with Gasteiger partial charge in [0.05, 0.1) is 5.56 Å². The molecule has 0 saturated carbocycles. The fraction of sp³-hybridized carbons (Fsp3) is 0.100. The van der Waals surface area contributed by atoms with Gasteiger partial charge in [-0.25, -0.2) is 13.6 Å². The van der Waals surface area contributed by atoms with Crippen molar-refractivity contribution in [3.05, 3.63) is 77.7 Å². The van der Waals surface area contributed by atoms with Crippen molar-refractivity contribution in [2.45, 2.75) is 12.5 Å². The highest BCUT2D eigenvalue weighted by atomic mass is 19.3. The highest BCUT2D eigenvalue weighted by molar-refractivity contribution is 5.97. The minimum Gasteiger partial charge on any atom is -0.479 e. The van der Waals surface area contributed by atoms with Crippen LogP contribution in [0.3, 0.4) is 0 Å². The number of aliphatic carboxylic acids is 1. The molecule has 0 spiro atoms. The first-order valence-electron chi connectivity index (χ1n) is 8.59. The Labute approximate surface area is 162 Å². The number of halogens is 2. The topological polar surface area (TPSA) is 96.6 Å². The number of fused-ring (bicyclic) bond motifs is 2. The van der Waals surface area contributed by atoms with E-state index < -0.39 is 30.2 Å². The lowest BCUT2D eigenvalue weighted by molar-refractivity contribution is -0.139. The number of carboxylic acid groups (broad SMARTS) is 1. The van der Waals surface area contributed by atoms with Crippen LogP contribution in [0.5, 0.6) is 0 Å². The van der Waals surface area contributed by atoms with Gasteiger partial charge in [0, 0.05) is 6.20 Å². The normalized spacial score (nSPS) is 12.4. The second-order valence-electron chi connectivity index (χ2n) is 6.36. The Kier molecular flexibility index (Phi) is 4.63. The molecule has 0 fully saturated rings. The first-order valence-corrected chi connectivity index (χ1v) is 8.59. The summed E-state index contributed by atoms with van der Waals surface area (Å²) < 4.78 is 27.1. The zero-order chi connectivity index (χ0) is 20.5. The van der Waals surface area contributed by atoms with Crippen LogP contribution in [0.15, 0.2) is 60.8 Å². The lowest BCUT2D eigenvalue weighted by atomic mass is 10.0. The van der Waals surface area contributed by atoms with E-state index in [1.807, 2.05) is 24.3 Å². The van der Waals surface area contributed by atoms with E-state index in [9.17, 15) is 23.5 Å². The third-order valence-corrected chi connectivity index (χ3v) is 4.52. The van der Waals surface area contributed by atoms with Crippen molar-refractivity contribution >= 4 is 28.3 Å². The Bertz CT molecular complexity index is 1240. The van der Waals surface area contributed by atoms with Crippen LogP contribution in [0, 0.1) is 0 Å². The summed E-state index contributed by atoms with van der Waals surface area (Å²) in [7, 11) is 0. The van der Waals surface area contributed by atoms with Gasteiger partial charge in [-0.05, 0) is 34.5 Å². The summed E-state index contributed by atoms with van der Waals surface area (Å²) in [6, 6.07) is 13.9. The molecule has 0 aliphatic carbocycles. The highest BCUT2D eigenvalue weighted by Crippen LogP contribution is 2.22. The molecule has 9 heteroatoms. The van der Waals surface area contributed by atoms with Crippen molar-refractivity contribution in [3.8, 4) is 0 Å². The van der Waals surface area contributed by atoms with Crippen molar-refractivity contribution in [2.75, 3.05) is 0 Å². The SMILES string of the molecule is O=C(NC(C(=O)O)c1ccc2ccccc2c1)c1ccc2nnc(C(F)F)n2c1. The number of rotatable bonds is 5. The van der Waals surface area contributed by atoms with Gasteiger partial charge in [0.2, 0.25) is 5.82 Å². The summed E-state index contributed by atoms with van der Waals surface area (Å²) in [6.45, 7) is 0. The Morgan fingerprint density at radius 2 is 1.76 bits per heavy atom. The van der Waals surface area contributed by atoms with Gasteiger partial charge in [0.1, 0.15) is 0 Å². The van der Waals surface area contributed by atoms with Crippen molar-refractivity contribution in [2.24, 2.45) is 0 Å². The number of hydrogen-bond donors (Lipinski definition) is 2. The average molecular weight is 396 g/mol. The maximum absolute atomic E-state index is 13.0. The molecular formula is C20H14F2N4O3. The van der Waals surface area contributed by atoms with Gasteiger partial charge in [0.15, 0.2) is 11.7 Å². The molecule has 0 bridgehead atoms. The molecule has 1 atom stereocenters. The number of nitrogens with zero attached hydrogens (tertiary/aromatic N) is 3. The summed E-state index contributed by atoms with van der Waals surface area (Å²) in [5, 5.41) is 20.8. The van der Waals surface area contributed by atoms with Crippen molar-refractivity contribution in [1.82, 2.24) is 19.9 Å². The lowest BCUT2D eigenvalue weighted by Gasteiger charge is -2.16.